The average molecular weight is 116 g/mol. The monoisotopic (exact) mass is 116 g/mol. The van der Waals surface area contributed by atoms with Crippen LogP contribution >= 0.6 is 0 Å². The third-order valence-electron chi connectivity index (χ3n) is 1.05. The van der Waals surface area contributed by atoms with Crippen LogP contribution < -0.4 is 5.73 Å². The second-order valence-corrected chi connectivity index (χ2v) is 2.05. The molecule has 49 valence electrons. The molecular formula is C6H14NO. The molecule has 0 bridgehead atoms. The quantitative estimate of drug-likeness (QED) is 0.550. The van der Waals surface area contributed by atoms with Crippen LogP contribution in [0.3, 0.4) is 0 Å². The van der Waals surface area contributed by atoms with Crippen molar-refractivity contribution in [3.63, 3.8) is 0 Å². The number of aliphatic hydroxyl groups excluding tert-OH is 1. The molecule has 2 heteroatoms. The SMILES string of the molecule is C[C@H](CO)C[CH]CN. The van der Waals surface area contributed by atoms with Gasteiger partial charge in [-0.05, 0) is 25.3 Å². The van der Waals surface area contributed by atoms with Crippen LogP contribution in [0.5, 0.6) is 0 Å². The number of rotatable bonds is 4. The summed E-state index contributed by atoms with van der Waals surface area (Å²) in [7, 11) is 0. The van der Waals surface area contributed by atoms with Crippen molar-refractivity contribution in [1.82, 2.24) is 0 Å². The van der Waals surface area contributed by atoms with Gasteiger partial charge in [-0.1, -0.05) is 6.92 Å². The van der Waals surface area contributed by atoms with Crippen molar-refractivity contribution in [1.29, 1.82) is 0 Å². The van der Waals surface area contributed by atoms with Gasteiger partial charge in [0.1, 0.15) is 0 Å². The summed E-state index contributed by atoms with van der Waals surface area (Å²) < 4.78 is 0. The van der Waals surface area contributed by atoms with Crippen LogP contribution in [0.4, 0.5) is 0 Å². The van der Waals surface area contributed by atoms with Gasteiger partial charge < -0.3 is 10.8 Å². The van der Waals surface area contributed by atoms with Gasteiger partial charge in [-0.15, -0.1) is 0 Å². The highest BCUT2D eigenvalue weighted by atomic mass is 16.3. The van der Waals surface area contributed by atoms with E-state index >= 15 is 0 Å². The zero-order valence-corrected chi connectivity index (χ0v) is 5.30. The predicted octanol–water partition coefficient (Wildman–Crippen LogP) is 0.168. The van der Waals surface area contributed by atoms with E-state index < -0.39 is 0 Å². The first-order valence-electron chi connectivity index (χ1n) is 2.93. The molecule has 1 radical (unpaired) electrons. The Hall–Kier alpha value is -0.0800. The van der Waals surface area contributed by atoms with E-state index in [2.05, 4.69) is 0 Å². The lowest BCUT2D eigenvalue weighted by Crippen LogP contribution is -2.06. The van der Waals surface area contributed by atoms with Gasteiger partial charge in [-0.3, -0.25) is 0 Å². The van der Waals surface area contributed by atoms with Crippen molar-refractivity contribution in [2.24, 2.45) is 11.7 Å². The summed E-state index contributed by atoms with van der Waals surface area (Å²) in [5.74, 6) is 0.374. The van der Waals surface area contributed by atoms with E-state index in [0.717, 1.165) is 6.42 Å². The predicted molar refractivity (Wildman–Crippen MR) is 34.2 cm³/mol. The maximum atomic E-state index is 8.50. The summed E-state index contributed by atoms with van der Waals surface area (Å²) >= 11 is 0. The minimum absolute atomic E-state index is 0.260. The molecule has 2 nitrogen and oxygen atoms in total. The first kappa shape index (κ1) is 7.92. The normalized spacial score (nSPS) is 13.9. The summed E-state index contributed by atoms with van der Waals surface area (Å²) in [5, 5.41) is 8.50. The molecule has 0 aromatic rings. The van der Waals surface area contributed by atoms with Crippen LogP contribution in [0, 0.1) is 12.3 Å². The van der Waals surface area contributed by atoms with Crippen LogP contribution in [0.15, 0.2) is 0 Å². The van der Waals surface area contributed by atoms with Gasteiger partial charge in [0.2, 0.25) is 0 Å². The Bertz CT molecular complexity index is 47.8. The molecule has 0 aromatic carbocycles. The maximum absolute atomic E-state index is 8.50. The highest BCUT2D eigenvalue weighted by Crippen LogP contribution is 2.00. The van der Waals surface area contributed by atoms with Gasteiger partial charge in [0.25, 0.3) is 0 Å². The molecular weight excluding hydrogens is 102 g/mol. The molecule has 8 heavy (non-hydrogen) atoms. The highest BCUT2D eigenvalue weighted by molar-refractivity contribution is 4.67. The Kier molecular flexibility index (Phi) is 5.01. The fraction of sp³-hybridized carbons (Fsp3) is 0.833. The Morgan fingerprint density at radius 2 is 2.38 bits per heavy atom. The molecule has 0 aromatic heterocycles. The van der Waals surface area contributed by atoms with E-state index in [9.17, 15) is 0 Å². The standard InChI is InChI=1S/C6H14NO/c1-6(5-8)3-2-4-7/h2,6,8H,3-5,7H2,1H3/t6-/m0/s1. The van der Waals surface area contributed by atoms with Gasteiger partial charge in [0, 0.05) is 6.61 Å². The van der Waals surface area contributed by atoms with Crippen LogP contribution in [-0.4, -0.2) is 18.3 Å². The van der Waals surface area contributed by atoms with Crippen molar-refractivity contribution in [3.8, 4) is 0 Å². The third-order valence-corrected chi connectivity index (χ3v) is 1.05. The number of hydrogen-bond acceptors (Lipinski definition) is 2. The molecule has 0 aliphatic carbocycles. The summed E-state index contributed by atoms with van der Waals surface area (Å²) in [6, 6.07) is 0. The molecule has 0 rings (SSSR count). The van der Waals surface area contributed by atoms with E-state index in [0.29, 0.717) is 12.5 Å². The smallest absolute Gasteiger partial charge is 0.0456 e. The lowest BCUT2D eigenvalue weighted by Gasteiger charge is -2.03. The van der Waals surface area contributed by atoms with Crippen molar-refractivity contribution in [3.05, 3.63) is 6.42 Å². The molecule has 0 amide bonds. The first-order valence-corrected chi connectivity index (χ1v) is 2.93. The topological polar surface area (TPSA) is 46.2 Å². The zero-order valence-electron chi connectivity index (χ0n) is 5.30. The van der Waals surface area contributed by atoms with Crippen LogP contribution in [0.1, 0.15) is 13.3 Å². The largest absolute Gasteiger partial charge is 0.396 e. The first-order chi connectivity index (χ1) is 3.81. The van der Waals surface area contributed by atoms with Crippen molar-refractivity contribution in [2.75, 3.05) is 13.2 Å². The fourth-order valence-corrected chi connectivity index (χ4v) is 0.455. The summed E-state index contributed by atoms with van der Waals surface area (Å²) in [5.41, 5.74) is 5.19. The molecule has 0 aliphatic heterocycles. The lowest BCUT2D eigenvalue weighted by molar-refractivity contribution is 0.236. The second kappa shape index (κ2) is 5.06. The molecule has 0 heterocycles. The minimum Gasteiger partial charge on any atom is -0.396 e. The molecule has 0 unspecified atom stereocenters. The van der Waals surface area contributed by atoms with E-state index in [1.165, 1.54) is 0 Å². The molecule has 0 saturated carbocycles. The fourth-order valence-electron chi connectivity index (χ4n) is 0.455. The zero-order chi connectivity index (χ0) is 6.41. The number of hydrogen-bond donors (Lipinski definition) is 2. The van der Waals surface area contributed by atoms with Crippen LogP contribution in [-0.2, 0) is 0 Å². The Morgan fingerprint density at radius 3 is 2.75 bits per heavy atom. The Morgan fingerprint density at radius 1 is 1.75 bits per heavy atom. The number of aliphatic hydroxyl groups is 1. The molecule has 0 saturated heterocycles. The van der Waals surface area contributed by atoms with Gasteiger partial charge >= 0.3 is 0 Å². The summed E-state index contributed by atoms with van der Waals surface area (Å²) in [6.07, 6.45) is 2.90. The second-order valence-electron chi connectivity index (χ2n) is 2.05. The molecule has 1 atom stereocenters. The van der Waals surface area contributed by atoms with E-state index in [1.807, 2.05) is 13.3 Å². The summed E-state index contributed by atoms with van der Waals surface area (Å²) in [4.78, 5) is 0. The Balaban J connectivity index is 2.86. The maximum Gasteiger partial charge on any atom is 0.0456 e. The summed E-state index contributed by atoms with van der Waals surface area (Å²) in [6.45, 7) is 2.87. The number of nitrogens with two attached hydrogens (primary N) is 1. The van der Waals surface area contributed by atoms with Gasteiger partial charge in [0.15, 0.2) is 0 Å². The molecule has 0 aliphatic rings. The average Bonchev–Trinajstić information content (AvgIpc) is 1.83. The lowest BCUT2D eigenvalue weighted by atomic mass is 10.1. The van der Waals surface area contributed by atoms with Gasteiger partial charge in [-0.2, -0.15) is 0 Å². The van der Waals surface area contributed by atoms with Gasteiger partial charge in [-0.25, -0.2) is 0 Å². The van der Waals surface area contributed by atoms with Crippen LogP contribution in [0.2, 0.25) is 0 Å². The van der Waals surface area contributed by atoms with Gasteiger partial charge in [0.05, 0.1) is 0 Å². The van der Waals surface area contributed by atoms with E-state index in [-0.39, 0.29) is 6.61 Å². The molecule has 3 N–H and O–H groups in total. The van der Waals surface area contributed by atoms with Crippen molar-refractivity contribution >= 4 is 0 Å². The van der Waals surface area contributed by atoms with Crippen molar-refractivity contribution < 1.29 is 5.11 Å². The van der Waals surface area contributed by atoms with Crippen molar-refractivity contribution in [2.45, 2.75) is 13.3 Å². The van der Waals surface area contributed by atoms with E-state index in [1.54, 1.807) is 0 Å². The minimum atomic E-state index is 0.260. The van der Waals surface area contributed by atoms with Crippen LogP contribution in [0.25, 0.3) is 0 Å². The Labute approximate surface area is 50.7 Å². The molecule has 0 fully saturated rings. The molecule has 0 spiro atoms. The highest BCUT2D eigenvalue weighted by Gasteiger charge is 1.96. The third kappa shape index (κ3) is 4.09. The van der Waals surface area contributed by atoms with E-state index in [4.69, 9.17) is 10.8 Å².